The third-order valence-electron chi connectivity index (χ3n) is 3.17. The minimum atomic E-state index is -0.261. The molecule has 1 aromatic carbocycles. The molecule has 5 heteroatoms. The predicted octanol–water partition coefficient (Wildman–Crippen LogP) is 2.02. The zero-order valence-corrected chi connectivity index (χ0v) is 13.2. The van der Waals surface area contributed by atoms with Crippen molar-refractivity contribution >= 4 is 5.69 Å². The molecule has 0 saturated heterocycles. The van der Waals surface area contributed by atoms with Crippen molar-refractivity contribution in [3.8, 4) is 0 Å². The molecule has 0 radical (unpaired) electrons. The van der Waals surface area contributed by atoms with Crippen LogP contribution in [0.15, 0.2) is 18.2 Å². The average molecular weight is 298 g/mol. The second-order valence-corrected chi connectivity index (χ2v) is 5.51. The van der Waals surface area contributed by atoms with Crippen molar-refractivity contribution in [3.05, 3.63) is 29.6 Å². The molecular formula is C16H27FN2O2. The summed E-state index contributed by atoms with van der Waals surface area (Å²) in [6.45, 7) is 7.28. The van der Waals surface area contributed by atoms with E-state index in [9.17, 15) is 4.39 Å². The van der Waals surface area contributed by atoms with Gasteiger partial charge < -0.3 is 20.1 Å². The van der Waals surface area contributed by atoms with E-state index in [1.54, 1.807) is 24.1 Å². The van der Waals surface area contributed by atoms with Crippen LogP contribution in [0, 0.1) is 11.7 Å². The molecule has 0 fully saturated rings. The lowest BCUT2D eigenvalue weighted by Crippen LogP contribution is -2.31. The number of nitrogens with one attached hydrogen (secondary N) is 1. The van der Waals surface area contributed by atoms with Crippen LogP contribution in [-0.2, 0) is 11.3 Å². The predicted molar refractivity (Wildman–Crippen MR) is 84.1 cm³/mol. The number of halogens is 1. The Kier molecular flexibility index (Phi) is 8.27. The summed E-state index contributed by atoms with van der Waals surface area (Å²) < 4.78 is 19.3. The maximum absolute atomic E-state index is 14.2. The van der Waals surface area contributed by atoms with Crippen molar-refractivity contribution in [1.82, 2.24) is 5.32 Å². The van der Waals surface area contributed by atoms with E-state index in [0.717, 1.165) is 12.1 Å². The Bertz CT molecular complexity index is 413. The molecule has 0 aliphatic carbocycles. The highest BCUT2D eigenvalue weighted by Gasteiger charge is 2.11. The van der Waals surface area contributed by atoms with E-state index in [4.69, 9.17) is 9.84 Å². The fraction of sp³-hybridized carbons (Fsp3) is 0.625. The Morgan fingerprint density at radius 1 is 1.33 bits per heavy atom. The van der Waals surface area contributed by atoms with Gasteiger partial charge in [-0.15, -0.1) is 0 Å². The lowest BCUT2D eigenvalue weighted by atomic mass is 10.1. The van der Waals surface area contributed by atoms with Gasteiger partial charge in [-0.05, 0) is 30.2 Å². The van der Waals surface area contributed by atoms with Crippen molar-refractivity contribution < 1.29 is 14.2 Å². The largest absolute Gasteiger partial charge is 0.395 e. The summed E-state index contributed by atoms with van der Waals surface area (Å²) >= 11 is 0. The molecule has 0 saturated carbocycles. The maximum Gasteiger partial charge on any atom is 0.146 e. The standard InChI is InChI=1S/C16H27FN2O2/c1-13(2)11-18-12-14-4-5-16(15(17)10-14)19(6-8-20)7-9-21-3/h4-5,10,13,18,20H,6-9,11-12H2,1-3H3. The van der Waals surface area contributed by atoms with Crippen LogP contribution in [0.4, 0.5) is 10.1 Å². The summed E-state index contributed by atoms with van der Waals surface area (Å²) in [7, 11) is 1.61. The van der Waals surface area contributed by atoms with Gasteiger partial charge in [-0.3, -0.25) is 0 Å². The summed E-state index contributed by atoms with van der Waals surface area (Å²) in [5.41, 5.74) is 1.43. The lowest BCUT2D eigenvalue weighted by Gasteiger charge is -2.24. The van der Waals surface area contributed by atoms with Gasteiger partial charge in [-0.2, -0.15) is 0 Å². The highest BCUT2D eigenvalue weighted by molar-refractivity contribution is 5.49. The average Bonchev–Trinajstić information content (AvgIpc) is 2.43. The Hall–Kier alpha value is -1.17. The van der Waals surface area contributed by atoms with Crippen molar-refractivity contribution in [2.45, 2.75) is 20.4 Å². The van der Waals surface area contributed by atoms with Crippen molar-refractivity contribution in [2.24, 2.45) is 5.92 Å². The Labute approximate surface area is 126 Å². The normalized spacial score (nSPS) is 11.1. The smallest absolute Gasteiger partial charge is 0.146 e. The zero-order valence-electron chi connectivity index (χ0n) is 13.2. The molecule has 1 rings (SSSR count). The number of nitrogens with zero attached hydrogens (tertiary/aromatic N) is 1. The van der Waals surface area contributed by atoms with Crippen LogP contribution in [-0.4, -0.2) is 45.1 Å². The highest BCUT2D eigenvalue weighted by Crippen LogP contribution is 2.20. The molecule has 0 atom stereocenters. The minimum absolute atomic E-state index is 0.0130. The number of aliphatic hydroxyl groups excluding tert-OH is 1. The van der Waals surface area contributed by atoms with Gasteiger partial charge in [0.2, 0.25) is 0 Å². The molecule has 0 aliphatic heterocycles. The molecule has 0 aliphatic rings. The molecule has 21 heavy (non-hydrogen) atoms. The van der Waals surface area contributed by atoms with Gasteiger partial charge >= 0.3 is 0 Å². The van der Waals surface area contributed by atoms with Crippen LogP contribution in [0.5, 0.6) is 0 Å². The highest BCUT2D eigenvalue weighted by atomic mass is 19.1. The second-order valence-electron chi connectivity index (χ2n) is 5.51. The van der Waals surface area contributed by atoms with E-state index in [1.165, 1.54) is 0 Å². The zero-order chi connectivity index (χ0) is 15.7. The second kappa shape index (κ2) is 9.71. The topological polar surface area (TPSA) is 44.7 Å². The van der Waals surface area contributed by atoms with Gasteiger partial charge in [0.15, 0.2) is 0 Å². The monoisotopic (exact) mass is 298 g/mol. The van der Waals surface area contributed by atoms with E-state index in [1.807, 2.05) is 6.07 Å². The summed E-state index contributed by atoms with van der Waals surface area (Å²) in [5.74, 6) is 0.312. The first-order valence-electron chi connectivity index (χ1n) is 7.42. The number of hydrogen-bond acceptors (Lipinski definition) is 4. The van der Waals surface area contributed by atoms with Crippen LogP contribution in [0.25, 0.3) is 0 Å². The van der Waals surface area contributed by atoms with E-state index >= 15 is 0 Å². The van der Waals surface area contributed by atoms with E-state index in [2.05, 4.69) is 19.2 Å². The van der Waals surface area contributed by atoms with Crippen LogP contribution in [0.2, 0.25) is 0 Å². The molecule has 0 amide bonds. The number of anilines is 1. The van der Waals surface area contributed by atoms with Crippen molar-refractivity contribution in [2.75, 3.05) is 44.9 Å². The summed E-state index contributed by atoms with van der Waals surface area (Å²) in [4.78, 5) is 1.80. The van der Waals surface area contributed by atoms with Crippen LogP contribution in [0.1, 0.15) is 19.4 Å². The summed E-state index contributed by atoms with van der Waals surface area (Å²) in [5, 5.41) is 12.4. The molecule has 4 nitrogen and oxygen atoms in total. The van der Waals surface area contributed by atoms with Crippen molar-refractivity contribution in [1.29, 1.82) is 0 Å². The number of benzene rings is 1. The lowest BCUT2D eigenvalue weighted by molar-refractivity contribution is 0.202. The van der Waals surface area contributed by atoms with Crippen LogP contribution < -0.4 is 10.2 Å². The van der Waals surface area contributed by atoms with Gasteiger partial charge in [0, 0.05) is 26.7 Å². The number of methoxy groups -OCH3 is 1. The fourth-order valence-corrected chi connectivity index (χ4v) is 2.10. The van der Waals surface area contributed by atoms with Crippen molar-refractivity contribution in [3.63, 3.8) is 0 Å². The van der Waals surface area contributed by atoms with Gasteiger partial charge in [-0.25, -0.2) is 4.39 Å². The first-order valence-corrected chi connectivity index (χ1v) is 7.42. The SMILES string of the molecule is COCCN(CCO)c1ccc(CNCC(C)C)cc1F. The first kappa shape index (κ1) is 17.9. The summed E-state index contributed by atoms with van der Waals surface area (Å²) in [6, 6.07) is 5.25. The first-order chi connectivity index (χ1) is 10.1. The molecule has 1 aromatic rings. The molecule has 0 unspecified atom stereocenters. The number of rotatable bonds is 10. The van der Waals surface area contributed by atoms with Gasteiger partial charge in [0.25, 0.3) is 0 Å². The van der Waals surface area contributed by atoms with Crippen LogP contribution >= 0.6 is 0 Å². The fourth-order valence-electron chi connectivity index (χ4n) is 2.10. The number of aliphatic hydroxyl groups is 1. The van der Waals surface area contributed by atoms with Gasteiger partial charge in [0.05, 0.1) is 18.9 Å². The number of ether oxygens (including phenoxy) is 1. The molecule has 0 bridgehead atoms. The van der Waals surface area contributed by atoms with E-state index < -0.39 is 0 Å². The molecule has 0 heterocycles. The van der Waals surface area contributed by atoms with Crippen LogP contribution in [0.3, 0.4) is 0 Å². The van der Waals surface area contributed by atoms with E-state index in [0.29, 0.717) is 37.8 Å². The molecule has 0 aromatic heterocycles. The third-order valence-corrected chi connectivity index (χ3v) is 3.17. The molecule has 120 valence electrons. The molecule has 0 spiro atoms. The summed E-state index contributed by atoms with van der Waals surface area (Å²) in [6.07, 6.45) is 0. The molecule has 2 N–H and O–H groups in total. The Balaban J connectivity index is 2.70. The maximum atomic E-state index is 14.2. The Morgan fingerprint density at radius 3 is 2.67 bits per heavy atom. The Morgan fingerprint density at radius 2 is 2.10 bits per heavy atom. The third kappa shape index (κ3) is 6.42. The van der Waals surface area contributed by atoms with Gasteiger partial charge in [0.1, 0.15) is 5.82 Å². The number of hydrogen-bond donors (Lipinski definition) is 2. The van der Waals surface area contributed by atoms with Gasteiger partial charge in [-0.1, -0.05) is 19.9 Å². The van der Waals surface area contributed by atoms with E-state index in [-0.39, 0.29) is 12.4 Å². The molecular weight excluding hydrogens is 271 g/mol. The minimum Gasteiger partial charge on any atom is -0.395 e. The quantitative estimate of drug-likeness (QED) is 0.694.